The molecule has 0 heterocycles. The lowest BCUT2D eigenvalue weighted by atomic mass is 9.96. The topological polar surface area (TPSA) is 37.3 Å². The molecule has 0 aliphatic heterocycles. The highest BCUT2D eigenvalue weighted by Crippen LogP contribution is 2.16. The Morgan fingerprint density at radius 3 is 1.79 bits per heavy atom. The lowest BCUT2D eigenvalue weighted by Gasteiger charge is -2.12. The number of ketones is 1. The van der Waals surface area contributed by atoms with Crippen molar-refractivity contribution in [3.8, 4) is 0 Å². The standard InChI is InChI=1S/C22H40O2/c1-4-7-9-11-12-13-14-15-17-19-22(24)20(6-3)21(23)18-16-10-8-5-2/h22,24H,3-5,7-19H2,1-2H3. The van der Waals surface area contributed by atoms with Gasteiger partial charge in [0, 0.05) is 6.42 Å². The van der Waals surface area contributed by atoms with Crippen molar-refractivity contribution in [1.82, 2.24) is 0 Å². The fourth-order valence-electron chi connectivity index (χ4n) is 3.04. The third-order valence-electron chi connectivity index (χ3n) is 4.66. The Balaban J connectivity index is 3.77. The first-order valence-corrected chi connectivity index (χ1v) is 10.3. The summed E-state index contributed by atoms with van der Waals surface area (Å²) in [4.78, 5) is 12.1. The van der Waals surface area contributed by atoms with Crippen LogP contribution < -0.4 is 0 Å². The first-order chi connectivity index (χ1) is 11.7. The number of carbonyl (C=O) groups excluding carboxylic acids is 1. The molecular weight excluding hydrogens is 296 g/mol. The summed E-state index contributed by atoms with van der Waals surface area (Å²) in [6.07, 6.45) is 16.2. The fourth-order valence-corrected chi connectivity index (χ4v) is 3.04. The quantitative estimate of drug-likeness (QED) is 0.186. The predicted molar refractivity (Wildman–Crippen MR) is 104 cm³/mol. The first kappa shape index (κ1) is 23.1. The number of aliphatic hydroxyl groups is 1. The number of unbranched alkanes of at least 4 members (excludes halogenated alkanes) is 11. The van der Waals surface area contributed by atoms with E-state index in [0.29, 0.717) is 18.4 Å². The predicted octanol–water partition coefficient (Wildman–Crippen LogP) is 6.52. The van der Waals surface area contributed by atoms with Crippen molar-refractivity contribution < 1.29 is 9.90 Å². The highest BCUT2D eigenvalue weighted by atomic mass is 16.3. The van der Waals surface area contributed by atoms with Gasteiger partial charge in [-0.25, -0.2) is 0 Å². The maximum Gasteiger partial charge on any atom is 0.169 e. The zero-order chi connectivity index (χ0) is 18.0. The van der Waals surface area contributed by atoms with Crippen LogP contribution in [0.2, 0.25) is 0 Å². The maximum absolute atomic E-state index is 12.1. The zero-order valence-corrected chi connectivity index (χ0v) is 16.2. The van der Waals surface area contributed by atoms with Gasteiger partial charge >= 0.3 is 0 Å². The van der Waals surface area contributed by atoms with Crippen LogP contribution in [0.15, 0.2) is 17.9 Å². The number of rotatable bonds is 17. The molecule has 0 spiro atoms. The van der Waals surface area contributed by atoms with Gasteiger partial charge in [-0.2, -0.15) is 0 Å². The molecule has 0 aliphatic carbocycles. The van der Waals surface area contributed by atoms with Crippen LogP contribution in [0.4, 0.5) is 0 Å². The number of aliphatic hydroxyl groups excluding tert-OH is 1. The van der Waals surface area contributed by atoms with Crippen molar-refractivity contribution in [3.63, 3.8) is 0 Å². The molecular formula is C22H40O2. The second-order valence-corrected chi connectivity index (χ2v) is 6.96. The highest BCUT2D eigenvalue weighted by molar-refractivity contribution is 5.95. The summed E-state index contributed by atoms with van der Waals surface area (Å²) < 4.78 is 0. The van der Waals surface area contributed by atoms with E-state index in [0.717, 1.165) is 25.7 Å². The van der Waals surface area contributed by atoms with E-state index in [1.54, 1.807) is 0 Å². The normalized spacial score (nSPS) is 12.0. The van der Waals surface area contributed by atoms with Gasteiger partial charge in [-0.3, -0.25) is 4.79 Å². The van der Waals surface area contributed by atoms with Gasteiger partial charge < -0.3 is 5.11 Å². The third kappa shape index (κ3) is 12.6. The summed E-state index contributed by atoms with van der Waals surface area (Å²) in [7, 11) is 0. The highest BCUT2D eigenvalue weighted by Gasteiger charge is 2.17. The van der Waals surface area contributed by atoms with Crippen LogP contribution in [0.3, 0.4) is 0 Å². The molecule has 0 aromatic carbocycles. The van der Waals surface area contributed by atoms with Crippen LogP contribution >= 0.6 is 0 Å². The van der Waals surface area contributed by atoms with Gasteiger partial charge in [0.2, 0.25) is 0 Å². The average Bonchev–Trinajstić information content (AvgIpc) is 2.58. The summed E-state index contributed by atoms with van der Waals surface area (Å²) in [6.45, 7) is 8.00. The van der Waals surface area contributed by atoms with Crippen molar-refractivity contribution in [2.75, 3.05) is 0 Å². The van der Waals surface area contributed by atoms with E-state index in [1.807, 2.05) is 0 Å². The smallest absolute Gasteiger partial charge is 0.169 e. The number of hydrogen-bond donors (Lipinski definition) is 1. The molecule has 0 amide bonds. The molecule has 140 valence electrons. The van der Waals surface area contributed by atoms with Gasteiger partial charge in [-0.15, -0.1) is 5.73 Å². The Morgan fingerprint density at radius 1 is 0.833 bits per heavy atom. The van der Waals surface area contributed by atoms with Crippen LogP contribution in [-0.4, -0.2) is 17.0 Å². The average molecular weight is 337 g/mol. The fraction of sp³-hybridized carbons (Fsp3) is 0.818. The Hall–Kier alpha value is -0.850. The molecule has 0 saturated carbocycles. The van der Waals surface area contributed by atoms with Gasteiger partial charge in [0.25, 0.3) is 0 Å². The van der Waals surface area contributed by atoms with Crippen molar-refractivity contribution in [1.29, 1.82) is 0 Å². The van der Waals surface area contributed by atoms with Crippen molar-refractivity contribution in [3.05, 3.63) is 17.9 Å². The van der Waals surface area contributed by atoms with Crippen LogP contribution in [0, 0.1) is 0 Å². The Morgan fingerprint density at radius 2 is 1.29 bits per heavy atom. The van der Waals surface area contributed by atoms with E-state index >= 15 is 0 Å². The van der Waals surface area contributed by atoms with Gasteiger partial charge in [0.1, 0.15) is 0 Å². The number of hydrogen-bond acceptors (Lipinski definition) is 2. The zero-order valence-electron chi connectivity index (χ0n) is 16.2. The van der Waals surface area contributed by atoms with E-state index in [1.165, 1.54) is 57.8 Å². The second-order valence-electron chi connectivity index (χ2n) is 6.96. The van der Waals surface area contributed by atoms with E-state index in [-0.39, 0.29) is 5.78 Å². The van der Waals surface area contributed by atoms with Crippen LogP contribution in [0.5, 0.6) is 0 Å². The molecule has 1 N–H and O–H groups in total. The summed E-state index contributed by atoms with van der Waals surface area (Å²) in [5, 5.41) is 10.2. The summed E-state index contributed by atoms with van der Waals surface area (Å²) in [5.41, 5.74) is 3.10. The van der Waals surface area contributed by atoms with Gasteiger partial charge in [-0.05, 0) is 12.8 Å². The van der Waals surface area contributed by atoms with E-state index < -0.39 is 6.10 Å². The second kappa shape index (κ2) is 17.0. The molecule has 0 aliphatic rings. The van der Waals surface area contributed by atoms with Gasteiger partial charge in [0.05, 0.1) is 11.7 Å². The monoisotopic (exact) mass is 336 g/mol. The SMILES string of the molecule is C=C=C(C(=O)CCCCCC)C(O)CCCCCCCCCCC. The van der Waals surface area contributed by atoms with Crippen molar-refractivity contribution >= 4 is 5.78 Å². The molecule has 0 rings (SSSR count). The molecule has 1 unspecified atom stereocenters. The Kier molecular flexibility index (Phi) is 16.4. The van der Waals surface area contributed by atoms with E-state index in [9.17, 15) is 9.90 Å². The molecule has 0 aromatic rings. The molecule has 0 bridgehead atoms. The summed E-state index contributed by atoms with van der Waals surface area (Å²) in [5.74, 6) is 0.0320. The van der Waals surface area contributed by atoms with Crippen LogP contribution in [-0.2, 0) is 4.79 Å². The third-order valence-corrected chi connectivity index (χ3v) is 4.66. The van der Waals surface area contributed by atoms with Crippen LogP contribution in [0.25, 0.3) is 0 Å². The Bertz CT molecular complexity index is 353. The lowest BCUT2D eigenvalue weighted by Crippen LogP contribution is -2.17. The number of Topliss-reactive ketones (excluding diaryl/α,β-unsaturated/α-hetero) is 1. The molecule has 2 heteroatoms. The minimum absolute atomic E-state index is 0.0320. The van der Waals surface area contributed by atoms with Crippen molar-refractivity contribution in [2.24, 2.45) is 0 Å². The molecule has 0 saturated heterocycles. The van der Waals surface area contributed by atoms with Gasteiger partial charge in [-0.1, -0.05) is 97.5 Å². The van der Waals surface area contributed by atoms with Crippen LogP contribution in [0.1, 0.15) is 110 Å². The maximum atomic E-state index is 12.1. The van der Waals surface area contributed by atoms with E-state index in [4.69, 9.17) is 0 Å². The molecule has 24 heavy (non-hydrogen) atoms. The van der Waals surface area contributed by atoms with Gasteiger partial charge in [0.15, 0.2) is 5.78 Å². The largest absolute Gasteiger partial charge is 0.388 e. The molecule has 0 fully saturated rings. The Labute approximate surface area is 150 Å². The minimum Gasteiger partial charge on any atom is -0.388 e. The van der Waals surface area contributed by atoms with Crippen molar-refractivity contribution in [2.45, 2.75) is 116 Å². The molecule has 0 radical (unpaired) electrons. The molecule has 2 nitrogen and oxygen atoms in total. The minimum atomic E-state index is -0.675. The first-order valence-electron chi connectivity index (χ1n) is 10.3. The number of carbonyl (C=O) groups is 1. The summed E-state index contributed by atoms with van der Waals surface area (Å²) in [6, 6.07) is 0. The lowest BCUT2D eigenvalue weighted by molar-refractivity contribution is -0.116. The molecule has 0 aromatic heterocycles. The molecule has 1 atom stereocenters. The van der Waals surface area contributed by atoms with E-state index in [2.05, 4.69) is 26.2 Å². The summed E-state index contributed by atoms with van der Waals surface area (Å²) >= 11 is 0.